The van der Waals surface area contributed by atoms with Crippen molar-refractivity contribution in [1.82, 2.24) is 42.5 Å². The maximum Gasteiger partial charge on any atom is 0.305 e. The van der Waals surface area contributed by atoms with E-state index >= 15 is 0 Å². The fraction of sp³-hybridized carbons (Fsp3) is 0.673. The number of unbranched alkanes of at least 4 members (excludes halogenated alkanes) is 1. The molecule has 434 valence electrons. The van der Waals surface area contributed by atoms with Gasteiger partial charge in [0.05, 0.1) is 18.5 Å². The smallest absolute Gasteiger partial charge is 0.305 e. The molecule has 0 spiro atoms. The van der Waals surface area contributed by atoms with E-state index in [0.29, 0.717) is 31.2 Å². The molecule has 0 saturated carbocycles. The first-order chi connectivity index (χ1) is 36.1. The molecule has 0 unspecified atom stereocenters. The molecule has 77 heavy (non-hydrogen) atoms. The fourth-order valence-corrected chi connectivity index (χ4v) is 7.95. The van der Waals surface area contributed by atoms with Crippen LogP contribution in [0.4, 0.5) is 0 Å². The van der Waals surface area contributed by atoms with Gasteiger partial charge in [0.2, 0.25) is 47.3 Å². The first-order valence-electron chi connectivity index (χ1n) is 26.5. The van der Waals surface area contributed by atoms with Gasteiger partial charge in [-0.05, 0) is 113 Å². The molecular weight excluding hydrogens is 999 g/mol. The van der Waals surface area contributed by atoms with Gasteiger partial charge in [-0.1, -0.05) is 67.5 Å². The van der Waals surface area contributed by atoms with Crippen molar-refractivity contribution < 1.29 is 58.2 Å². The molecule has 0 aromatic heterocycles. The average molecular weight is 1090 g/mol. The van der Waals surface area contributed by atoms with Crippen LogP contribution in [0.1, 0.15) is 132 Å². The van der Waals surface area contributed by atoms with Crippen LogP contribution in [0.2, 0.25) is 0 Å². The van der Waals surface area contributed by atoms with Crippen LogP contribution in [-0.4, -0.2) is 143 Å². The van der Waals surface area contributed by atoms with Crippen molar-refractivity contribution in [3.63, 3.8) is 0 Å². The van der Waals surface area contributed by atoms with Gasteiger partial charge in [0, 0.05) is 13.0 Å². The number of aliphatic imine (C=N–C) groups is 1. The lowest BCUT2D eigenvalue weighted by Gasteiger charge is -2.29. The van der Waals surface area contributed by atoms with E-state index in [1.54, 1.807) is 27.7 Å². The quantitative estimate of drug-likeness (QED) is 0.0168. The van der Waals surface area contributed by atoms with Gasteiger partial charge in [-0.3, -0.25) is 48.1 Å². The minimum absolute atomic E-state index is 0.0115. The molecule has 8 amide bonds. The number of nitrogens with one attached hydrogen (secondary N) is 8. The normalized spacial score (nSPS) is 14.8. The molecule has 0 saturated heterocycles. The zero-order chi connectivity index (χ0) is 58.5. The molecule has 0 aliphatic carbocycles. The number of guanidine groups is 1. The lowest BCUT2D eigenvalue weighted by atomic mass is 9.98. The van der Waals surface area contributed by atoms with Gasteiger partial charge >= 0.3 is 5.97 Å². The molecule has 0 radical (unpaired) electrons. The number of carboxylic acids is 1. The van der Waals surface area contributed by atoms with Crippen molar-refractivity contribution in [1.29, 1.82) is 0 Å². The van der Waals surface area contributed by atoms with Crippen LogP contribution in [0, 0.1) is 23.7 Å². The van der Waals surface area contributed by atoms with E-state index < -0.39 is 114 Å². The molecule has 25 nitrogen and oxygen atoms in total. The lowest BCUT2D eigenvalue weighted by molar-refractivity contribution is -0.141. The molecular formula is C52H89N13O12. The van der Waals surface area contributed by atoms with E-state index in [-0.39, 0.29) is 93.3 Å². The Kier molecular flexibility index (Phi) is 31.4. The Balaban J connectivity index is 3.69. The maximum atomic E-state index is 14.6. The van der Waals surface area contributed by atoms with Crippen LogP contribution in [0.3, 0.4) is 0 Å². The number of rotatable bonds is 37. The van der Waals surface area contributed by atoms with Crippen LogP contribution in [0.5, 0.6) is 5.75 Å². The number of carbonyl (C=O) groups excluding carboxylic acids is 9. The summed E-state index contributed by atoms with van der Waals surface area (Å²) in [6.07, 6.45) is 1.23. The van der Waals surface area contributed by atoms with Crippen LogP contribution >= 0.6 is 0 Å². The number of aldehydes is 1. The summed E-state index contributed by atoms with van der Waals surface area (Å²) in [5, 5.41) is 40.8. The number of hydrogen-bond donors (Lipinski definition) is 14. The van der Waals surface area contributed by atoms with Gasteiger partial charge < -0.3 is 80.5 Å². The van der Waals surface area contributed by atoms with Gasteiger partial charge in [-0.15, -0.1) is 0 Å². The summed E-state index contributed by atoms with van der Waals surface area (Å²) in [7, 11) is 0. The number of nitrogens with zero attached hydrogens (tertiary/aromatic N) is 1. The number of nitrogens with two attached hydrogens (primary N) is 4. The summed E-state index contributed by atoms with van der Waals surface area (Å²) >= 11 is 0. The fourth-order valence-electron chi connectivity index (χ4n) is 7.95. The molecule has 0 bridgehead atoms. The van der Waals surface area contributed by atoms with E-state index in [1.165, 1.54) is 31.2 Å². The second-order valence-electron chi connectivity index (χ2n) is 21.2. The molecule has 1 aromatic carbocycles. The SMILES string of the molecule is CC(C)C[C@H](NC(=O)[C@H](C)N)C(=O)N[C@@H](CC(C)C)C(=O)N[C@@H](CCCN=C(N)N)C(=O)N[C@@H](Cc1ccc(O)cc1)C(=O)N[C@@H](CC(C)C)C(=O)N[C@@H](CC(C)C)C(=O)N[C@@H](CC(=O)O)C(=O)N[C@H](C=O)CCCCN. The molecule has 0 aliphatic rings. The Morgan fingerprint density at radius 2 is 0.896 bits per heavy atom. The van der Waals surface area contributed by atoms with Gasteiger partial charge in [-0.2, -0.15) is 0 Å². The highest BCUT2D eigenvalue weighted by Gasteiger charge is 2.36. The highest BCUT2D eigenvalue weighted by molar-refractivity contribution is 5.98. The number of aliphatic carboxylic acids is 1. The Morgan fingerprint density at radius 3 is 1.29 bits per heavy atom. The molecule has 9 atom stereocenters. The highest BCUT2D eigenvalue weighted by Crippen LogP contribution is 2.16. The van der Waals surface area contributed by atoms with E-state index in [0.717, 1.165) is 0 Å². The first-order valence-corrected chi connectivity index (χ1v) is 26.5. The standard InChI is InChI=1S/C52H89N13O12/c1-28(2)21-37(60-44(70)32(9)54)48(74)61-38(22-29(3)4)47(73)59-36(14-12-20-57-52(55)56)45(71)64-41(25-33-15-17-35(67)18-16-33)51(77)63-39(23-30(5)6)49(75)62-40(24-31(7)8)50(76)65-42(26-43(68)69)46(72)58-34(27-66)13-10-11-19-53/h15-18,27-32,34,36-42,67H,10-14,19-26,53-54H2,1-9H3,(H,58,72)(H,59,73)(H,60,70)(H,61,74)(H,62,75)(H,63,77)(H,64,71)(H,65,76)(H,68,69)(H4,55,56,57)/t32-,34-,36-,37-,38-,39-,40-,41-,42-/m0/s1. The van der Waals surface area contributed by atoms with E-state index in [9.17, 15) is 58.2 Å². The van der Waals surface area contributed by atoms with E-state index in [2.05, 4.69) is 47.5 Å². The molecule has 1 aromatic rings. The molecule has 0 heterocycles. The van der Waals surface area contributed by atoms with Crippen LogP contribution in [0.25, 0.3) is 0 Å². The number of carboxylic acid groups (broad SMARTS) is 1. The van der Waals surface area contributed by atoms with Crippen LogP contribution in [-0.2, 0) is 54.4 Å². The number of carbonyl (C=O) groups is 10. The van der Waals surface area contributed by atoms with Crippen molar-refractivity contribution >= 4 is 65.5 Å². The first kappa shape index (κ1) is 68.1. The van der Waals surface area contributed by atoms with Crippen LogP contribution in [0.15, 0.2) is 29.3 Å². The Hall–Kier alpha value is -6.89. The maximum absolute atomic E-state index is 14.6. The van der Waals surface area contributed by atoms with E-state index in [1.807, 2.05) is 27.7 Å². The molecule has 0 fully saturated rings. The number of aromatic hydroxyl groups is 1. The predicted molar refractivity (Wildman–Crippen MR) is 290 cm³/mol. The summed E-state index contributed by atoms with van der Waals surface area (Å²) in [5.41, 5.74) is 22.9. The van der Waals surface area contributed by atoms with Crippen molar-refractivity contribution in [2.75, 3.05) is 13.1 Å². The third kappa shape index (κ3) is 28.2. The van der Waals surface area contributed by atoms with Gasteiger partial charge in [0.1, 0.15) is 54.3 Å². The van der Waals surface area contributed by atoms with Gasteiger partial charge in [0.15, 0.2) is 5.96 Å². The third-order valence-electron chi connectivity index (χ3n) is 11.8. The van der Waals surface area contributed by atoms with Crippen LogP contribution < -0.4 is 65.5 Å². The third-order valence-corrected chi connectivity index (χ3v) is 11.8. The summed E-state index contributed by atoms with van der Waals surface area (Å²) in [6, 6.07) is -5.47. The van der Waals surface area contributed by atoms with Crippen molar-refractivity contribution in [3.8, 4) is 5.75 Å². The summed E-state index contributed by atoms with van der Waals surface area (Å²) in [5.74, 6) is -8.70. The number of benzene rings is 1. The zero-order valence-corrected chi connectivity index (χ0v) is 46.3. The average Bonchev–Trinajstić information content (AvgIpc) is 3.32. The number of hydrogen-bond acceptors (Lipinski definition) is 14. The number of phenolic OH excluding ortho intramolecular Hbond substituents is 1. The molecule has 18 N–H and O–H groups in total. The van der Waals surface area contributed by atoms with Crippen molar-refractivity contribution in [3.05, 3.63) is 29.8 Å². The Morgan fingerprint density at radius 1 is 0.519 bits per heavy atom. The minimum Gasteiger partial charge on any atom is -0.508 e. The largest absolute Gasteiger partial charge is 0.508 e. The monoisotopic (exact) mass is 1090 g/mol. The minimum atomic E-state index is -1.64. The summed E-state index contributed by atoms with van der Waals surface area (Å²) in [4.78, 5) is 139. The van der Waals surface area contributed by atoms with E-state index in [4.69, 9.17) is 22.9 Å². The summed E-state index contributed by atoms with van der Waals surface area (Å²) in [6.45, 7) is 16.3. The highest BCUT2D eigenvalue weighted by atomic mass is 16.4. The second-order valence-corrected chi connectivity index (χ2v) is 21.2. The lowest BCUT2D eigenvalue weighted by Crippen LogP contribution is -2.61. The predicted octanol–water partition coefficient (Wildman–Crippen LogP) is -0.799. The number of phenols is 1. The molecule has 25 heteroatoms. The second kappa shape index (κ2) is 35.4. The molecule has 1 rings (SSSR count). The number of amides is 8. The Bertz CT molecular complexity index is 2120. The van der Waals surface area contributed by atoms with Crippen molar-refractivity contribution in [2.45, 2.75) is 187 Å². The topological polar surface area (TPSA) is 424 Å². The zero-order valence-electron chi connectivity index (χ0n) is 46.3. The van der Waals surface area contributed by atoms with Crippen molar-refractivity contribution in [2.24, 2.45) is 51.6 Å². The van der Waals surface area contributed by atoms with Gasteiger partial charge in [-0.25, -0.2) is 0 Å². The molecule has 0 aliphatic heterocycles. The summed E-state index contributed by atoms with van der Waals surface area (Å²) < 4.78 is 0. The Labute approximate surface area is 452 Å². The van der Waals surface area contributed by atoms with Gasteiger partial charge in [0.25, 0.3) is 0 Å².